The van der Waals surface area contributed by atoms with E-state index < -0.39 is 0 Å². The first kappa shape index (κ1) is 16.3. The molecule has 4 rings (SSSR count). The maximum absolute atomic E-state index is 4.88. The van der Waals surface area contributed by atoms with Gasteiger partial charge in [0, 0.05) is 43.9 Å². The number of nitrogens with one attached hydrogen (secondary N) is 1. The molecule has 5 heteroatoms. The minimum atomic E-state index is 0.555. The first-order valence-electron chi connectivity index (χ1n) is 9.42. The molecule has 1 saturated heterocycles. The zero-order valence-corrected chi connectivity index (χ0v) is 15.0. The van der Waals surface area contributed by atoms with Crippen LogP contribution in [0.25, 0.3) is 11.3 Å². The van der Waals surface area contributed by atoms with Gasteiger partial charge in [-0.05, 0) is 19.9 Å². The summed E-state index contributed by atoms with van der Waals surface area (Å²) in [4.78, 5) is 14.4. The normalized spacial score (nSPS) is 19.3. The Morgan fingerprint density at radius 1 is 0.960 bits per heavy atom. The summed E-state index contributed by atoms with van der Waals surface area (Å²) in [6.07, 6.45) is 5.13. The molecule has 0 radical (unpaired) electrons. The lowest BCUT2D eigenvalue weighted by molar-refractivity contribution is 0.311. The van der Waals surface area contributed by atoms with E-state index in [0.29, 0.717) is 6.04 Å². The zero-order chi connectivity index (χ0) is 17.1. The Labute approximate surface area is 150 Å². The second kappa shape index (κ2) is 7.40. The van der Waals surface area contributed by atoms with E-state index >= 15 is 0 Å². The van der Waals surface area contributed by atoms with E-state index in [0.717, 1.165) is 49.2 Å². The summed E-state index contributed by atoms with van der Waals surface area (Å²) in [5.41, 5.74) is 2.15. The molecule has 0 atom stereocenters. The highest BCUT2D eigenvalue weighted by molar-refractivity contribution is 5.64. The number of aromatic nitrogens is 2. The Morgan fingerprint density at radius 3 is 2.40 bits per heavy atom. The van der Waals surface area contributed by atoms with Crippen molar-refractivity contribution in [2.75, 3.05) is 43.4 Å². The van der Waals surface area contributed by atoms with E-state index in [1.165, 1.54) is 25.7 Å². The third kappa shape index (κ3) is 3.93. The number of hydrogen-bond donors (Lipinski definition) is 1. The van der Waals surface area contributed by atoms with Gasteiger partial charge in [-0.1, -0.05) is 43.2 Å². The van der Waals surface area contributed by atoms with Gasteiger partial charge in [0.2, 0.25) is 5.95 Å². The Kier molecular flexibility index (Phi) is 4.83. The second-order valence-electron chi connectivity index (χ2n) is 7.22. The SMILES string of the molecule is CN1CCN(c2nc(NC3CCCC3)cc(-c3ccccc3)n2)CC1. The Bertz CT molecular complexity index is 688. The topological polar surface area (TPSA) is 44.3 Å². The van der Waals surface area contributed by atoms with Gasteiger partial charge in [0.15, 0.2) is 0 Å². The fourth-order valence-electron chi connectivity index (χ4n) is 3.69. The Hall–Kier alpha value is -2.14. The quantitative estimate of drug-likeness (QED) is 0.928. The first-order valence-corrected chi connectivity index (χ1v) is 9.42. The number of nitrogens with zero attached hydrogens (tertiary/aromatic N) is 4. The van der Waals surface area contributed by atoms with Crippen molar-refractivity contribution in [1.82, 2.24) is 14.9 Å². The van der Waals surface area contributed by atoms with Gasteiger partial charge >= 0.3 is 0 Å². The molecule has 1 saturated carbocycles. The van der Waals surface area contributed by atoms with Crippen LogP contribution < -0.4 is 10.2 Å². The molecule has 1 N–H and O–H groups in total. The molecular formula is C20H27N5. The van der Waals surface area contributed by atoms with E-state index in [2.05, 4.69) is 52.5 Å². The fraction of sp³-hybridized carbons (Fsp3) is 0.500. The van der Waals surface area contributed by atoms with Gasteiger partial charge in [-0.2, -0.15) is 4.98 Å². The number of benzene rings is 1. The smallest absolute Gasteiger partial charge is 0.227 e. The van der Waals surface area contributed by atoms with Crippen LogP contribution in [0.15, 0.2) is 36.4 Å². The summed E-state index contributed by atoms with van der Waals surface area (Å²) in [6.45, 7) is 4.09. The number of rotatable bonds is 4. The van der Waals surface area contributed by atoms with Gasteiger partial charge < -0.3 is 15.1 Å². The van der Waals surface area contributed by atoms with Crippen LogP contribution in [-0.2, 0) is 0 Å². The van der Waals surface area contributed by atoms with E-state index in [9.17, 15) is 0 Å². The Morgan fingerprint density at radius 2 is 1.68 bits per heavy atom. The van der Waals surface area contributed by atoms with Crippen LogP contribution >= 0.6 is 0 Å². The standard InChI is InChI=1S/C20H27N5/c1-24-11-13-25(14-12-24)20-22-18(16-7-3-2-4-8-16)15-19(23-20)21-17-9-5-6-10-17/h2-4,7-8,15,17H,5-6,9-14H2,1H3,(H,21,22,23). The molecular weight excluding hydrogens is 310 g/mol. The summed E-state index contributed by atoms with van der Waals surface area (Å²) >= 11 is 0. The number of hydrogen-bond acceptors (Lipinski definition) is 5. The summed E-state index contributed by atoms with van der Waals surface area (Å²) in [5.74, 6) is 1.82. The zero-order valence-electron chi connectivity index (χ0n) is 15.0. The maximum atomic E-state index is 4.88. The highest BCUT2D eigenvalue weighted by Crippen LogP contribution is 2.26. The highest BCUT2D eigenvalue weighted by Gasteiger charge is 2.20. The molecule has 5 nitrogen and oxygen atoms in total. The summed E-state index contributed by atoms with van der Waals surface area (Å²) in [6, 6.07) is 13.1. The van der Waals surface area contributed by atoms with Crippen molar-refractivity contribution in [3.05, 3.63) is 36.4 Å². The van der Waals surface area contributed by atoms with Gasteiger partial charge in [0.1, 0.15) is 5.82 Å². The van der Waals surface area contributed by atoms with Crippen LogP contribution in [-0.4, -0.2) is 54.1 Å². The van der Waals surface area contributed by atoms with Gasteiger partial charge in [-0.25, -0.2) is 4.98 Å². The average molecular weight is 337 g/mol. The van der Waals surface area contributed by atoms with E-state index in [4.69, 9.17) is 9.97 Å². The maximum Gasteiger partial charge on any atom is 0.227 e. The van der Waals surface area contributed by atoms with E-state index in [1.54, 1.807) is 0 Å². The molecule has 0 amide bonds. The lowest BCUT2D eigenvalue weighted by Gasteiger charge is -2.32. The van der Waals surface area contributed by atoms with Gasteiger partial charge in [-0.3, -0.25) is 0 Å². The van der Waals surface area contributed by atoms with E-state index in [-0.39, 0.29) is 0 Å². The van der Waals surface area contributed by atoms with Gasteiger partial charge in [0.25, 0.3) is 0 Å². The van der Waals surface area contributed by atoms with Crippen LogP contribution in [0, 0.1) is 0 Å². The largest absolute Gasteiger partial charge is 0.367 e. The predicted molar refractivity (Wildman–Crippen MR) is 103 cm³/mol. The van der Waals surface area contributed by atoms with Crippen molar-refractivity contribution >= 4 is 11.8 Å². The predicted octanol–water partition coefficient (Wildman–Crippen LogP) is 3.25. The molecule has 25 heavy (non-hydrogen) atoms. The van der Waals surface area contributed by atoms with Crippen LogP contribution in [0.2, 0.25) is 0 Å². The highest BCUT2D eigenvalue weighted by atomic mass is 15.3. The molecule has 2 aromatic rings. The lowest BCUT2D eigenvalue weighted by atomic mass is 10.1. The third-order valence-electron chi connectivity index (χ3n) is 5.28. The molecule has 1 aliphatic carbocycles. The summed E-state index contributed by atoms with van der Waals surface area (Å²) in [7, 11) is 2.17. The summed E-state index contributed by atoms with van der Waals surface area (Å²) < 4.78 is 0. The molecule has 132 valence electrons. The molecule has 0 bridgehead atoms. The van der Waals surface area contributed by atoms with Crippen LogP contribution in [0.1, 0.15) is 25.7 Å². The molecule has 2 fully saturated rings. The second-order valence-corrected chi connectivity index (χ2v) is 7.22. The molecule has 0 spiro atoms. The van der Waals surface area contributed by atoms with Crippen molar-refractivity contribution in [3.63, 3.8) is 0 Å². The van der Waals surface area contributed by atoms with Gasteiger partial charge in [-0.15, -0.1) is 0 Å². The number of anilines is 2. The van der Waals surface area contributed by atoms with Crippen molar-refractivity contribution in [2.24, 2.45) is 0 Å². The first-order chi connectivity index (χ1) is 12.3. The van der Waals surface area contributed by atoms with Crippen molar-refractivity contribution < 1.29 is 0 Å². The van der Waals surface area contributed by atoms with Crippen molar-refractivity contribution in [3.8, 4) is 11.3 Å². The molecule has 1 aliphatic heterocycles. The van der Waals surface area contributed by atoms with Crippen molar-refractivity contribution in [2.45, 2.75) is 31.7 Å². The molecule has 2 heterocycles. The number of likely N-dealkylation sites (N-methyl/N-ethyl adjacent to an activating group) is 1. The average Bonchev–Trinajstić information content (AvgIpc) is 3.16. The third-order valence-corrected chi connectivity index (χ3v) is 5.28. The molecule has 0 unspecified atom stereocenters. The minimum Gasteiger partial charge on any atom is -0.367 e. The monoisotopic (exact) mass is 337 g/mol. The van der Waals surface area contributed by atoms with Crippen LogP contribution in [0.4, 0.5) is 11.8 Å². The summed E-state index contributed by atoms with van der Waals surface area (Å²) in [5, 5.41) is 3.65. The molecule has 2 aliphatic rings. The lowest BCUT2D eigenvalue weighted by Crippen LogP contribution is -2.45. The van der Waals surface area contributed by atoms with Gasteiger partial charge in [0.05, 0.1) is 5.69 Å². The Balaban J connectivity index is 1.64. The molecule has 1 aromatic heterocycles. The number of piperazine rings is 1. The van der Waals surface area contributed by atoms with Crippen LogP contribution in [0.5, 0.6) is 0 Å². The van der Waals surface area contributed by atoms with Crippen molar-refractivity contribution in [1.29, 1.82) is 0 Å². The van der Waals surface area contributed by atoms with Crippen LogP contribution in [0.3, 0.4) is 0 Å². The van der Waals surface area contributed by atoms with E-state index in [1.807, 2.05) is 6.07 Å². The molecule has 1 aromatic carbocycles. The minimum absolute atomic E-state index is 0.555. The fourth-order valence-corrected chi connectivity index (χ4v) is 3.69.